The van der Waals surface area contributed by atoms with Crippen LogP contribution >= 0.6 is 11.6 Å². The predicted molar refractivity (Wildman–Crippen MR) is 90.5 cm³/mol. The maximum Gasteiger partial charge on any atom is 0.222 e. The van der Waals surface area contributed by atoms with Gasteiger partial charge < -0.3 is 20.3 Å². The fourth-order valence-corrected chi connectivity index (χ4v) is 3.13. The minimum atomic E-state index is 0.276. The molecule has 0 aliphatic carbocycles. The Kier molecular flexibility index (Phi) is 6.23. The van der Waals surface area contributed by atoms with Gasteiger partial charge in [-0.25, -0.2) is 4.98 Å². The average Bonchev–Trinajstić information content (AvgIpc) is 2.50. The zero-order valence-electron chi connectivity index (χ0n) is 13.7. The Hall–Kier alpha value is -1.11. The molecule has 1 fully saturated rings. The molecule has 0 saturated carbocycles. The van der Waals surface area contributed by atoms with Gasteiger partial charge in [0.15, 0.2) is 5.82 Å². The molecule has 1 aromatic rings. The highest BCUT2D eigenvalue weighted by Gasteiger charge is 2.22. The quantitative estimate of drug-likeness (QED) is 0.859. The second-order valence-electron chi connectivity index (χ2n) is 5.96. The summed E-state index contributed by atoms with van der Waals surface area (Å²) in [5.74, 6) is 1.66. The maximum atomic E-state index is 6.31. The van der Waals surface area contributed by atoms with Crippen LogP contribution in [-0.2, 0) is 4.74 Å². The smallest absolute Gasteiger partial charge is 0.222 e. The van der Waals surface area contributed by atoms with Crippen LogP contribution in [0.1, 0.15) is 18.5 Å². The Morgan fingerprint density at radius 3 is 2.68 bits per heavy atom. The molecule has 124 valence electrons. The molecule has 6 nitrogen and oxygen atoms in total. The van der Waals surface area contributed by atoms with Crippen molar-refractivity contribution in [2.24, 2.45) is 5.92 Å². The van der Waals surface area contributed by atoms with E-state index >= 15 is 0 Å². The molecular weight excluding hydrogens is 302 g/mol. The van der Waals surface area contributed by atoms with E-state index in [1.165, 1.54) is 12.8 Å². The van der Waals surface area contributed by atoms with Crippen LogP contribution in [0.3, 0.4) is 0 Å². The average molecular weight is 328 g/mol. The molecule has 2 heterocycles. The predicted octanol–water partition coefficient (Wildman–Crippen LogP) is 1.82. The number of likely N-dealkylation sites (tertiary alicyclic amines) is 1. The van der Waals surface area contributed by atoms with Crippen LogP contribution in [0.2, 0.25) is 5.02 Å². The molecule has 1 aliphatic heterocycles. The molecule has 1 saturated heterocycles. The molecule has 0 radical (unpaired) electrons. The number of nitrogens with zero attached hydrogens (tertiary/aromatic N) is 4. The first-order chi connectivity index (χ1) is 10.5. The van der Waals surface area contributed by atoms with E-state index in [0.29, 0.717) is 10.9 Å². The molecule has 22 heavy (non-hydrogen) atoms. The molecule has 0 aromatic carbocycles. The van der Waals surface area contributed by atoms with Gasteiger partial charge in [-0.3, -0.25) is 0 Å². The highest BCUT2D eigenvalue weighted by molar-refractivity contribution is 6.33. The zero-order valence-corrected chi connectivity index (χ0v) is 14.4. The van der Waals surface area contributed by atoms with Crippen molar-refractivity contribution in [1.29, 1.82) is 0 Å². The molecule has 1 aliphatic rings. The van der Waals surface area contributed by atoms with E-state index in [1.54, 1.807) is 7.11 Å². The number of methoxy groups -OCH3 is 1. The van der Waals surface area contributed by atoms with Crippen LogP contribution in [0.5, 0.6) is 0 Å². The van der Waals surface area contributed by atoms with E-state index < -0.39 is 0 Å². The molecule has 0 unspecified atom stereocenters. The first-order valence-electron chi connectivity index (χ1n) is 7.73. The molecule has 0 bridgehead atoms. The fourth-order valence-electron chi connectivity index (χ4n) is 2.90. The van der Waals surface area contributed by atoms with Crippen molar-refractivity contribution < 1.29 is 4.74 Å². The van der Waals surface area contributed by atoms with Gasteiger partial charge in [0.05, 0.1) is 12.3 Å². The Balaban J connectivity index is 1.89. The molecular formula is C15H26ClN5O. The van der Waals surface area contributed by atoms with Gasteiger partial charge in [0, 0.05) is 27.2 Å². The van der Waals surface area contributed by atoms with E-state index in [9.17, 15) is 0 Å². The molecule has 7 heteroatoms. The highest BCUT2D eigenvalue weighted by atomic mass is 35.5. The van der Waals surface area contributed by atoms with Crippen molar-refractivity contribution in [1.82, 2.24) is 14.9 Å². The largest absolute Gasteiger partial charge is 0.383 e. The monoisotopic (exact) mass is 327 g/mol. The summed E-state index contributed by atoms with van der Waals surface area (Å²) in [6.07, 6.45) is 2.37. The fraction of sp³-hybridized carbons (Fsp3) is 0.733. The van der Waals surface area contributed by atoms with Crippen LogP contribution in [-0.4, -0.2) is 61.8 Å². The molecule has 1 aromatic heterocycles. The lowest BCUT2D eigenvalue weighted by Crippen LogP contribution is -2.39. The second kappa shape index (κ2) is 7.94. The van der Waals surface area contributed by atoms with E-state index in [0.717, 1.165) is 44.3 Å². The Bertz CT molecular complexity index is 491. The van der Waals surface area contributed by atoms with Crippen molar-refractivity contribution in [3.63, 3.8) is 0 Å². The number of nitrogen functional groups attached to an aromatic ring is 1. The number of rotatable bonds is 6. The number of anilines is 2. The van der Waals surface area contributed by atoms with Gasteiger partial charge in [0.2, 0.25) is 5.95 Å². The number of ether oxygens (including phenoxy) is 1. The van der Waals surface area contributed by atoms with Crippen molar-refractivity contribution in [2.75, 3.05) is 57.6 Å². The summed E-state index contributed by atoms with van der Waals surface area (Å²) in [7, 11) is 3.77. The van der Waals surface area contributed by atoms with E-state index in [2.05, 4.69) is 19.8 Å². The number of hydrogen-bond acceptors (Lipinski definition) is 6. The summed E-state index contributed by atoms with van der Waals surface area (Å²) >= 11 is 6.31. The van der Waals surface area contributed by atoms with E-state index in [4.69, 9.17) is 22.1 Å². The minimum Gasteiger partial charge on any atom is -0.383 e. The summed E-state index contributed by atoms with van der Waals surface area (Å²) in [5.41, 5.74) is 6.47. The lowest BCUT2D eigenvalue weighted by molar-refractivity contribution is 0.121. The highest BCUT2D eigenvalue weighted by Crippen LogP contribution is 2.28. The maximum absolute atomic E-state index is 6.31. The lowest BCUT2D eigenvalue weighted by Gasteiger charge is -2.34. The first-order valence-corrected chi connectivity index (χ1v) is 8.11. The third-order valence-electron chi connectivity index (χ3n) is 4.23. The lowest BCUT2D eigenvalue weighted by atomic mass is 9.96. The van der Waals surface area contributed by atoms with Crippen LogP contribution in [0.4, 0.5) is 11.8 Å². The van der Waals surface area contributed by atoms with Crippen LogP contribution in [0.25, 0.3) is 0 Å². The normalized spacial score (nSPS) is 16.9. The van der Waals surface area contributed by atoms with Gasteiger partial charge in [0.1, 0.15) is 5.02 Å². The van der Waals surface area contributed by atoms with Crippen molar-refractivity contribution in [3.8, 4) is 0 Å². The summed E-state index contributed by atoms with van der Waals surface area (Å²) in [4.78, 5) is 12.9. The summed E-state index contributed by atoms with van der Waals surface area (Å²) in [5, 5.41) is 0.592. The number of halogens is 1. The topological polar surface area (TPSA) is 67.5 Å². The Labute approximate surface area is 137 Å². The van der Waals surface area contributed by atoms with Crippen molar-refractivity contribution >= 4 is 23.4 Å². The third kappa shape index (κ3) is 4.44. The molecule has 0 spiro atoms. The van der Waals surface area contributed by atoms with Crippen LogP contribution < -0.4 is 10.6 Å². The third-order valence-corrected chi connectivity index (χ3v) is 4.67. The van der Waals surface area contributed by atoms with Gasteiger partial charge in [-0.1, -0.05) is 11.6 Å². The van der Waals surface area contributed by atoms with Crippen molar-refractivity contribution in [3.05, 3.63) is 10.7 Å². The number of hydrogen-bond donors (Lipinski definition) is 1. The van der Waals surface area contributed by atoms with Crippen molar-refractivity contribution in [2.45, 2.75) is 19.8 Å². The Morgan fingerprint density at radius 2 is 2.05 bits per heavy atom. The second-order valence-corrected chi connectivity index (χ2v) is 6.34. The summed E-state index contributed by atoms with van der Waals surface area (Å²) in [6, 6.07) is 0. The van der Waals surface area contributed by atoms with Gasteiger partial charge in [-0.2, -0.15) is 4.98 Å². The van der Waals surface area contributed by atoms with E-state index in [1.807, 2.05) is 14.0 Å². The standard InChI is InChI=1S/C15H26ClN5O/c1-11-13(16)14(19-15(17)18-11)20(2)10-12-4-6-21(7-5-12)8-9-22-3/h12H,4-10H2,1-3H3,(H2,17,18,19). The van der Waals surface area contributed by atoms with Gasteiger partial charge in [-0.15, -0.1) is 0 Å². The van der Waals surface area contributed by atoms with Crippen LogP contribution in [0.15, 0.2) is 0 Å². The van der Waals surface area contributed by atoms with Gasteiger partial charge >= 0.3 is 0 Å². The first kappa shape index (κ1) is 17.2. The SMILES string of the molecule is COCCN1CCC(CN(C)c2nc(N)nc(C)c2Cl)CC1. The van der Waals surface area contributed by atoms with E-state index in [-0.39, 0.29) is 5.95 Å². The van der Waals surface area contributed by atoms with Gasteiger partial charge in [-0.05, 0) is 38.8 Å². The molecule has 0 atom stereocenters. The number of piperidine rings is 1. The minimum absolute atomic E-state index is 0.276. The molecule has 2 N–H and O–H groups in total. The zero-order chi connectivity index (χ0) is 16.1. The summed E-state index contributed by atoms with van der Waals surface area (Å²) in [6.45, 7) is 6.87. The number of aryl methyl sites for hydroxylation is 1. The van der Waals surface area contributed by atoms with Crippen LogP contribution in [0, 0.1) is 12.8 Å². The Morgan fingerprint density at radius 1 is 1.36 bits per heavy atom. The number of nitrogens with two attached hydrogens (primary N) is 1. The summed E-state index contributed by atoms with van der Waals surface area (Å²) < 4.78 is 5.14. The van der Waals surface area contributed by atoms with Gasteiger partial charge in [0.25, 0.3) is 0 Å². The molecule has 0 amide bonds. The molecule has 2 rings (SSSR count). The number of aromatic nitrogens is 2.